The standard InChI is InChI=1S/C28H32/c1-18-10-8-9-11-22(18)25-16-21(28(5,6)7)17-26-23-15-20(27(2,3)4)13-12-19(23)14-24(25)26/h8-13,15-17H,14H2,1-7H3. The second-order valence-electron chi connectivity index (χ2n) is 10.4. The molecule has 0 radical (unpaired) electrons. The Labute approximate surface area is 170 Å². The minimum absolute atomic E-state index is 0.122. The predicted molar refractivity (Wildman–Crippen MR) is 122 cm³/mol. The van der Waals surface area contributed by atoms with Gasteiger partial charge in [-0.2, -0.15) is 0 Å². The van der Waals surface area contributed by atoms with Crippen LogP contribution in [0.2, 0.25) is 0 Å². The zero-order valence-corrected chi connectivity index (χ0v) is 18.4. The molecule has 0 heterocycles. The quantitative estimate of drug-likeness (QED) is 0.321. The molecule has 0 fully saturated rings. The van der Waals surface area contributed by atoms with Gasteiger partial charge in [0.2, 0.25) is 0 Å². The van der Waals surface area contributed by atoms with E-state index in [4.69, 9.17) is 0 Å². The third-order valence-corrected chi connectivity index (χ3v) is 6.18. The Kier molecular flexibility index (Phi) is 4.30. The summed E-state index contributed by atoms with van der Waals surface area (Å²) >= 11 is 0. The monoisotopic (exact) mass is 368 g/mol. The summed E-state index contributed by atoms with van der Waals surface area (Å²) in [4.78, 5) is 0. The molecular weight excluding hydrogens is 336 g/mol. The number of rotatable bonds is 1. The maximum absolute atomic E-state index is 2.45. The van der Waals surface area contributed by atoms with E-state index >= 15 is 0 Å². The fourth-order valence-electron chi connectivity index (χ4n) is 4.29. The molecule has 0 nitrogen and oxygen atoms in total. The lowest BCUT2D eigenvalue weighted by molar-refractivity contribution is 0.589. The molecule has 144 valence electrons. The van der Waals surface area contributed by atoms with Crippen molar-refractivity contribution in [1.82, 2.24) is 0 Å². The van der Waals surface area contributed by atoms with Gasteiger partial charge in [0.1, 0.15) is 0 Å². The van der Waals surface area contributed by atoms with Gasteiger partial charge < -0.3 is 0 Å². The average molecular weight is 369 g/mol. The lowest BCUT2D eigenvalue weighted by atomic mass is 9.81. The van der Waals surface area contributed by atoms with Gasteiger partial charge >= 0.3 is 0 Å². The first kappa shape index (κ1) is 19.0. The molecule has 0 saturated carbocycles. The minimum Gasteiger partial charge on any atom is -0.0620 e. The molecule has 0 spiro atoms. The Bertz CT molecular complexity index is 1050. The zero-order chi connectivity index (χ0) is 20.3. The Morgan fingerprint density at radius 1 is 0.607 bits per heavy atom. The number of benzene rings is 3. The topological polar surface area (TPSA) is 0 Å². The molecule has 4 rings (SSSR count). The summed E-state index contributed by atoms with van der Waals surface area (Å²) < 4.78 is 0. The van der Waals surface area contributed by atoms with Gasteiger partial charge in [-0.1, -0.05) is 96.1 Å². The molecule has 1 aliphatic rings. The summed E-state index contributed by atoms with van der Waals surface area (Å²) in [5, 5.41) is 0. The highest BCUT2D eigenvalue weighted by Crippen LogP contribution is 2.46. The van der Waals surface area contributed by atoms with Crippen LogP contribution in [0.25, 0.3) is 22.3 Å². The van der Waals surface area contributed by atoms with Gasteiger partial charge in [0.15, 0.2) is 0 Å². The first-order chi connectivity index (χ1) is 13.1. The van der Waals surface area contributed by atoms with Crippen LogP contribution in [-0.4, -0.2) is 0 Å². The van der Waals surface area contributed by atoms with Crippen LogP contribution in [0, 0.1) is 6.92 Å². The van der Waals surface area contributed by atoms with Crippen LogP contribution < -0.4 is 0 Å². The summed E-state index contributed by atoms with van der Waals surface area (Å²) in [5.41, 5.74) is 13.1. The molecule has 0 unspecified atom stereocenters. The van der Waals surface area contributed by atoms with E-state index in [0.717, 1.165) is 6.42 Å². The van der Waals surface area contributed by atoms with Gasteiger partial charge in [-0.3, -0.25) is 0 Å². The summed E-state index contributed by atoms with van der Waals surface area (Å²) in [6.07, 6.45) is 1.03. The van der Waals surface area contributed by atoms with E-state index in [1.54, 1.807) is 0 Å². The Morgan fingerprint density at radius 2 is 1.18 bits per heavy atom. The van der Waals surface area contributed by atoms with Crippen molar-refractivity contribution in [3.63, 3.8) is 0 Å². The SMILES string of the molecule is Cc1ccccc1-c1cc(C(C)(C)C)cc2c1Cc1ccc(C(C)(C)C)cc1-2. The molecule has 0 bridgehead atoms. The first-order valence-corrected chi connectivity index (χ1v) is 10.4. The molecule has 0 saturated heterocycles. The summed E-state index contributed by atoms with van der Waals surface area (Å²) in [7, 11) is 0. The summed E-state index contributed by atoms with van der Waals surface area (Å²) in [5.74, 6) is 0. The second kappa shape index (κ2) is 6.34. The first-order valence-electron chi connectivity index (χ1n) is 10.4. The molecule has 0 aliphatic heterocycles. The molecule has 0 amide bonds. The van der Waals surface area contributed by atoms with Crippen LogP contribution in [0.3, 0.4) is 0 Å². The highest BCUT2D eigenvalue weighted by Gasteiger charge is 2.27. The maximum atomic E-state index is 2.45. The van der Waals surface area contributed by atoms with E-state index in [-0.39, 0.29) is 10.8 Å². The van der Waals surface area contributed by atoms with Gasteiger partial charge in [-0.25, -0.2) is 0 Å². The van der Waals surface area contributed by atoms with Crippen LogP contribution in [0.1, 0.15) is 69.4 Å². The van der Waals surface area contributed by atoms with Crippen molar-refractivity contribution in [2.24, 2.45) is 0 Å². The normalized spacial score (nSPS) is 13.4. The van der Waals surface area contributed by atoms with Crippen molar-refractivity contribution < 1.29 is 0 Å². The highest BCUT2D eigenvalue weighted by atomic mass is 14.3. The summed E-state index contributed by atoms with van der Waals surface area (Å²) in [6.45, 7) is 16.1. The smallest absolute Gasteiger partial charge is 0.000728 e. The molecule has 0 atom stereocenters. The Morgan fingerprint density at radius 3 is 1.79 bits per heavy atom. The molecular formula is C28H32. The molecule has 0 N–H and O–H groups in total. The summed E-state index contributed by atoms with van der Waals surface area (Å²) in [6, 6.07) is 20.8. The van der Waals surface area contributed by atoms with Crippen molar-refractivity contribution in [3.05, 3.63) is 82.4 Å². The second-order valence-corrected chi connectivity index (χ2v) is 10.4. The lowest BCUT2D eigenvalue weighted by Gasteiger charge is -2.23. The van der Waals surface area contributed by atoms with Gasteiger partial charge in [-0.15, -0.1) is 0 Å². The van der Waals surface area contributed by atoms with Crippen LogP contribution >= 0.6 is 0 Å². The molecule has 3 aromatic carbocycles. The van der Waals surface area contributed by atoms with Gasteiger partial charge in [-0.05, 0) is 74.2 Å². The Hall–Kier alpha value is -2.34. The van der Waals surface area contributed by atoms with E-state index < -0.39 is 0 Å². The van der Waals surface area contributed by atoms with Gasteiger partial charge in [0.25, 0.3) is 0 Å². The van der Waals surface area contributed by atoms with E-state index in [2.05, 4.69) is 103 Å². The average Bonchev–Trinajstić information content (AvgIpc) is 2.98. The van der Waals surface area contributed by atoms with Crippen molar-refractivity contribution in [1.29, 1.82) is 0 Å². The van der Waals surface area contributed by atoms with E-state index in [1.165, 1.54) is 50.1 Å². The third kappa shape index (κ3) is 3.20. The van der Waals surface area contributed by atoms with Crippen molar-refractivity contribution >= 4 is 0 Å². The largest absolute Gasteiger partial charge is 0.0620 e. The fourth-order valence-corrected chi connectivity index (χ4v) is 4.29. The lowest BCUT2D eigenvalue weighted by Crippen LogP contribution is -2.12. The molecule has 0 heteroatoms. The molecule has 1 aliphatic carbocycles. The fraction of sp³-hybridized carbons (Fsp3) is 0.357. The van der Waals surface area contributed by atoms with E-state index in [0.29, 0.717) is 0 Å². The highest BCUT2D eigenvalue weighted by molar-refractivity contribution is 5.87. The van der Waals surface area contributed by atoms with Crippen LogP contribution in [-0.2, 0) is 17.3 Å². The maximum Gasteiger partial charge on any atom is -0.000728 e. The molecule has 3 aromatic rings. The Balaban J connectivity index is 2.01. The van der Waals surface area contributed by atoms with Gasteiger partial charge in [0, 0.05) is 0 Å². The number of aryl methyl sites for hydroxylation is 1. The van der Waals surface area contributed by atoms with Crippen molar-refractivity contribution in [3.8, 4) is 22.3 Å². The number of hydrogen-bond donors (Lipinski definition) is 0. The van der Waals surface area contributed by atoms with E-state index in [9.17, 15) is 0 Å². The van der Waals surface area contributed by atoms with Crippen LogP contribution in [0.4, 0.5) is 0 Å². The van der Waals surface area contributed by atoms with Crippen LogP contribution in [0.5, 0.6) is 0 Å². The minimum atomic E-state index is 0.122. The number of fused-ring (bicyclic) bond motifs is 3. The van der Waals surface area contributed by atoms with Crippen molar-refractivity contribution in [2.45, 2.75) is 65.7 Å². The van der Waals surface area contributed by atoms with E-state index in [1.807, 2.05) is 0 Å². The molecule has 0 aromatic heterocycles. The van der Waals surface area contributed by atoms with Crippen molar-refractivity contribution in [2.75, 3.05) is 0 Å². The zero-order valence-electron chi connectivity index (χ0n) is 18.4. The third-order valence-electron chi connectivity index (χ3n) is 6.18. The van der Waals surface area contributed by atoms with Gasteiger partial charge in [0.05, 0.1) is 0 Å². The molecule has 28 heavy (non-hydrogen) atoms. The van der Waals surface area contributed by atoms with Crippen LogP contribution in [0.15, 0.2) is 54.6 Å². The predicted octanol–water partition coefficient (Wildman–Crippen LogP) is 7.83. The number of hydrogen-bond acceptors (Lipinski definition) is 0.